The highest BCUT2D eigenvalue weighted by Crippen LogP contribution is 2.09. The van der Waals surface area contributed by atoms with Crippen molar-refractivity contribution in [3.05, 3.63) is 35.4 Å². The van der Waals surface area contributed by atoms with E-state index in [1.165, 1.54) is 6.07 Å². The van der Waals surface area contributed by atoms with Gasteiger partial charge in [0.1, 0.15) is 11.6 Å². The molecule has 0 amide bonds. The van der Waals surface area contributed by atoms with Crippen molar-refractivity contribution in [2.24, 2.45) is 0 Å². The zero-order valence-electron chi connectivity index (χ0n) is 7.86. The van der Waals surface area contributed by atoms with Crippen molar-refractivity contribution in [2.75, 3.05) is 5.88 Å². The summed E-state index contributed by atoms with van der Waals surface area (Å²) in [6.45, 7) is 2.17. The molecular weight excluding hydrogens is 208 g/mol. The lowest BCUT2D eigenvalue weighted by molar-refractivity contribution is 0.545. The van der Waals surface area contributed by atoms with Crippen LogP contribution in [0.5, 0.6) is 0 Å². The van der Waals surface area contributed by atoms with Gasteiger partial charge in [0.25, 0.3) is 0 Å². The highest BCUT2D eigenvalue weighted by molar-refractivity contribution is 6.18. The van der Waals surface area contributed by atoms with Gasteiger partial charge >= 0.3 is 0 Å². The predicted octanol–water partition coefficient (Wildman–Crippen LogP) is 2.68. The number of hydrogen-bond donors (Lipinski definition) is 1. The van der Waals surface area contributed by atoms with Gasteiger partial charge in [0.15, 0.2) is 0 Å². The Balaban J connectivity index is 2.62. The minimum atomic E-state index is -0.429. The first kappa shape index (κ1) is 11.4. The van der Waals surface area contributed by atoms with Crippen LogP contribution < -0.4 is 5.32 Å². The summed E-state index contributed by atoms with van der Waals surface area (Å²) in [4.78, 5) is 0. The Bertz CT molecular complexity index is 304. The lowest BCUT2D eigenvalue weighted by atomic mass is 10.2. The standard InChI is InChI=1S/C10H12ClF2N/c1-7(5-11)14-6-8-4-9(12)2-3-10(8)13/h2-4,7,14H,5-6H2,1H3. The Labute approximate surface area is 87.1 Å². The van der Waals surface area contributed by atoms with Crippen LogP contribution in [0.25, 0.3) is 0 Å². The summed E-state index contributed by atoms with van der Waals surface area (Å²) in [6.07, 6.45) is 0. The highest BCUT2D eigenvalue weighted by Gasteiger charge is 2.05. The van der Waals surface area contributed by atoms with Gasteiger partial charge in [-0.05, 0) is 25.1 Å². The summed E-state index contributed by atoms with van der Waals surface area (Å²) in [6, 6.07) is 3.49. The molecule has 0 aliphatic heterocycles. The second kappa shape index (κ2) is 5.27. The van der Waals surface area contributed by atoms with Crippen LogP contribution in [0.3, 0.4) is 0 Å². The molecule has 0 fully saturated rings. The smallest absolute Gasteiger partial charge is 0.127 e. The quantitative estimate of drug-likeness (QED) is 0.768. The molecule has 1 aromatic rings. The predicted molar refractivity (Wildman–Crippen MR) is 53.4 cm³/mol. The van der Waals surface area contributed by atoms with Crippen LogP contribution in [-0.4, -0.2) is 11.9 Å². The van der Waals surface area contributed by atoms with Gasteiger partial charge in [0, 0.05) is 24.0 Å². The van der Waals surface area contributed by atoms with E-state index in [4.69, 9.17) is 11.6 Å². The first-order valence-corrected chi connectivity index (χ1v) is 4.90. The van der Waals surface area contributed by atoms with Gasteiger partial charge in [-0.1, -0.05) is 0 Å². The Morgan fingerprint density at radius 2 is 2.14 bits per heavy atom. The largest absolute Gasteiger partial charge is 0.309 e. The van der Waals surface area contributed by atoms with Gasteiger partial charge in [-0.25, -0.2) is 8.78 Å². The van der Waals surface area contributed by atoms with Gasteiger partial charge in [-0.15, -0.1) is 11.6 Å². The molecule has 0 spiro atoms. The maximum absolute atomic E-state index is 13.1. The van der Waals surface area contributed by atoms with Crippen molar-refractivity contribution < 1.29 is 8.78 Å². The second-order valence-electron chi connectivity index (χ2n) is 3.17. The summed E-state index contributed by atoms with van der Waals surface area (Å²) in [7, 11) is 0. The fraction of sp³-hybridized carbons (Fsp3) is 0.400. The van der Waals surface area contributed by atoms with Crippen molar-refractivity contribution in [1.29, 1.82) is 0 Å². The first-order chi connectivity index (χ1) is 6.63. The van der Waals surface area contributed by atoms with E-state index in [0.29, 0.717) is 11.4 Å². The van der Waals surface area contributed by atoms with E-state index in [-0.39, 0.29) is 12.6 Å². The van der Waals surface area contributed by atoms with Crippen molar-refractivity contribution in [3.63, 3.8) is 0 Å². The van der Waals surface area contributed by atoms with Crippen LogP contribution in [0, 0.1) is 11.6 Å². The summed E-state index contributed by atoms with van der Waals surface area (Å²) in [5.41, 5.74) is 0.321. The SMILES string of the molecule is CC(CCl)NCc1cc(F)ccc1F. The second-order valence-corrected chi connectivity index (χ2v) is 3.48. The molecule has 0 bridgehead atoms. The molecule has 1 unspecified atom stereocenters. The first-order valence-electron chi connectivity index (χ1n) is 4.36. The molecule has 0 aromatic heterocycles. The van der Waals surface area contributed by atoms with E-state index in [1.807, 2.05) is 6.92 Å². The Hall–Kier alpha value is -0.670. The van der Waals surface area contributed by atoms with E-state index in [9.17, 15) is 8.78 Å². The maximum Gasteiger partial charge on any atom is 0.127 e. The molecule has 4 heteroatoms. The van der Waals surface area contributed by atoms with Crippen LogP contribution in [0.15, 0.2) is 18.2 Å². The summed E-state index contributed by atoms with van der Waals surface area (Å²) in [5.74, 6) is -0.390. The lowest BCUT2D eigenvalue weighted by Gasteiger charge is -2.10. The minimum absolute atomic E-state index is 0.0827. The molecule has 1 N–H and O–H groups in total. The van der Waals surface area contributed by atoms with Crippen molar-refractivity contribution in [1.82, 2.24) is 5.32 Å². The maximum atomic E-state index is 13.1. The zero-order chi connectivity index (χ0) is 10.6. The number of hydrogen-bond acceptors (Lipinski definition) is 1. The molecule has 1 atom stereocenters. The Kier molecular flexibility index (Phi) is 4.29. The minimum Gasteiger partial charge on any atom is -0.309 e. The molecule has 1 aromatic carbocycles. The van der Waals surface area contributed by atoms with E-state index in [2.05, 4.69) is 5.32 Å². The fourth-order valence-electron chi connectivity index (χ4n) is 1.02. The molecule has 0 aliphatic rings. The molecule has 1 rings (SSSR count). The van der Waals surface area contributed by atoms with Gasteiger partial charge in [-0.2, -0.15) is 0 Å². The third-order valence-electron chi connectivity index (χ3n) is 1.88. The molecule has 14 heavy (non-hydrogen) atoms. The third-order valence-corrected chi connectivity index (χ3v) is 2.34. The molecule has 0 heterocycles. The average Bonchev–Trinajstić information content (AvgIpc) is 2.19. The molecule has 1 nitrogen and oxygen atoms in total. The van der Waals surface area contributed by atoms with Crippen LogP contribution in [-0.2, 0) is 6.54 Å². The van der Waals surface area contributed by atoms with Crippen LogP contribution >= 0.6 is 11.6 Å². The van der Waals surface area contributed by atoms with E-state index in [0.717, 1.165) is 12.1 Å². The van der Waals surface area contributed by atoms with E-state index >= 15 is 0 Å². The molecule has 0 aliphatic carbocycles. The summed E-state index contributed by atoms with van der Waals surface area (Å²) >= 11 is 5.56. The number of rotatable bonds is 4. The number of halogens is 3. The number of benzene rings is 1. The normalized spacial score (nSPS) is 12.9. The summed E-state index contributed by atoms with van der Waals surface area (Å²) in [5, 5.41) is 2.98. The molecule has 0 saturated carbocycles. The zero-order valence-corrected chi connectivity index (χ0v) is 8.61. The monoisotopic (exact) mass is 219 g/mol. The summed E-state index contributed by atoms with van der Waals surface area (Å²) < 4.78 is 25.8. The Morgan fingerprint density at radius 1 is 1.43 bits per heavy atom. The molecule has 0 radical (unpaired) electrons. The fourth-order valence-corrected chi connectivity index (χ4v) is 1.13. The van der Waals surface area contributed by atoms with E-state index < -0.39 is 11.6 Å². The highest BCUT2D eigenvalue weighted by atomic mass is 35.5. The molecular formula is C10H12ClF2N. The van der Waals surface area contributed by atoms with Crippen molar-refractivity contribution >= 4 is 11.6 Å². The van der Waals surface area contributed by atoms with Gasteiger partial charge in [0.2, 0.25) is 0 Å². The lowest BCUT2D eigenvalue weighted by Crippen LogP contribution is -2.27. The van der Waals surface area contributed by atoms with Crippen molar-refractivity contribution in [2.45, 2.75) is 19.5 Å². The topological polar surface area (TPSA) is 12.0 Å². The van der Waals surface area contributed by atoms with Crippen LogP contribution in [0.4, 0.5) is 8.78 Å². The number of alkyl halides is 1. The van der Waals surface area contributed by atoms with Crippen LogP contribution in [0.2, 0.25) is 0 Å². The van der Waals surface area contributed by atoms with Crippen LogP contribution in [0.1, 0.15) is 12.5 Å². The molecule has 0 saturated heterocycles. The third kappa shape index (κ3) is 3.24. The van der Waals surface area contributed by atoms with E-state index in [1.54, 1.807) is 0 Å². The number of nitrogens with one attached hydrogen (secondary N) is 1. The van der Waals surface area contributed by atoms with Gasteiger partial charge in [0.05, 0.1) is 0 Å². The average molecular weight is 220 g/mol. The van der Waals surface area contributed by atoms with Gasteiger partial charge < -0.3 is 5.32 Å². The van der Waals surface area contributed by atoms with Gasteiger partial charge in [-0.3, -0.25) is 0 Å². The van der Waals surface area contributed by atoms with Crippen molar-refractivity contribution in [3.8, 4) is 0 Å². The molecule has 78 valence electrons. The Morgan fingerprint density at radius 3 is 2.79 bits per heavy atom.